The van der Waals surface area contributed by atoms with Gasteiger partial charge in [-0.1, -0.05) is 11.8 Å². The molecule has 0 aliphatic carbocycles. The SMILES string of the molecule is O=C(CSc1nnc(-c2ccco2)o1)c1cc(F)ccc1F. The van der Waals surface area contributed by atoms with Crippen molar-refractivity contribution < 1.29 is 22.4 Å². The lowest BCUT2D eigenvalue weighted by molar-refractivity contribution is 0.101. The molecular formula is C14H8F2N2O3S. The van der Waals surface area contributed by atoms with E-state index in [1.165, 1.54) is 6.26 Å². The lowest BCUT2D eigenvalue weighted by atomic mass is 10.1. The maximum Gasteiger partial charge on any atom is 0.284 e. The van der Waals surface area contributed by atoms with Crippen molar-refractivity contribution in [3.63, 3.8) is 0 Å². The van der Waals surface area contributed by atoms with Crippen molar-refractivity contribution in [3.8, 4) is 11.7 Å². The molecule has 0 aliphatic rings. The van der Waals surface area contributed by atoms with Crippen LogP contribution in [0.2, 0.25) is 0 Å². The monoisotopic (exact) mass is 322 g/mol. The number of hydrogen-bond acceptors (Lipinski definition) is 6. The summed E-state index contributed by atoms with van der Waals surface area (Å²) in [5.74, 6) is -1.58. The van der Waals surface area contributed by atoms with E-state index < -0.39 is 17.4 Å². The maximum absolute atomic E-state index is 13.5. The van der Waals surface area contributed by atoms with E-state index in [4.69, 9.17) is 8.83 Å². The van der Waals surface area contributed by atoms with Gasteiger partial charge in [0, 0.05) is 0 Å². The highest BCUT2D eigenvalue weighted by Gasteiger charge is 2.16. The summed E-state index contributed by atoms with van der Waals surface area (Å²) >= 11 is 0.935. The van der Waals surface area contributed by atoms with E-state index in [9.17, 15) is 13.6 Å². The normalized spacial score (nSPS) is 10.8. The number of benzene rings is 1. The van der Waals surface area contributed by atoms with Crippen LogP contribution in [-0.4, -0.2) is 21.7 Å². The summed E-state index contributed by atoms with van der Waals surface area (Å²) in [6, 6.07) is 6.04. The average Bonchev–Trinajstić information content (AvgIpc) is 3.17. The van der Waals surface area contributed by atoms with Crippen LogP contribution >= 0.6 is 11.8 Å². The van der Waals surface area contributed by atoms with Crippen molar-refractivity contribution in [3.05, 3.63) is 53.8 Å². The van der Waals surface area contributed by atoms with Gasteiger partial charge < -0.3 is 8.83 Å². The fourth-order valence-electron chi connectivity index (χ4n) is 1.68. The zero-order chi connectivity index (χ0) is 15.5. The standard InChI is InChI=1S/C14H8F2N2O3S/c15-8-3-4-10(16)9(6-8)11(19)7-22-14-18-17-13(21-14)12-2-1-5-20-12/h1-6H,7H2. The first-order valence-corrected chi connectivity index (χ1v) is 7.10. The van der Waals surface area contributed by atoms with Crippen LogP contribution in [0.1, 0.15) is 10.4 Å². The minimum absolute atomic E-state index is 0.136. The third-order valence-electron chi connectivity index (χ3n) is 2.69. The Labute approximate surface area is 127 Å². The van der Waals surface area contributed by atoms with Gasteiger partial charge in [0.2, 0.25) is 0 Å². The van der Waals surface area contributed by atoms with E-state index in [-0.39, 0.29) is 22.4 Å². The molecule has 2 aromatic heterocycles. The van der Waals surface area contributed by atoms with Crippen LogP contribution in [0.15, 0.2) is 50.7 Å². The first-order valence-electron chi connectivity index (χ1n) is 6.12. The second-order valence-corrected chi connectivity index (χ2v) is 5.11. The number of carbonyl (C=O) groups is 1. The minimum Gasteiger partial charge on any atom is -0.459 e. The van der Waals surface area contributed by atoms with Crippen molar-refractivity contribution >= 4 is 17.5 Å². The maximum atomic E-state index is 13.5. The molecule has 0 amide bonds. The van der Waals surface area contributed by atoms with Gasteiger partial charge in [-0.15, -0.1) is 10.2 Å². The molecule has 22 heavy (non-hydrogen) atoms. The van der Waals surface area contributed by atoms with Crippen molar-refractivity contribution in [2.75, 3.05) is 5.75 Å². The number of aromatic nitrogens is 2. The van der Waals surface area contributed by atoms with E-state index in [1.54, 1.807) is 12.1 Å². The smallest absolute Gasteiger partial charge is 0.284 e. The fourth-order valence-corrected chi connectivity index (χ4v) is 2.33. The van der Waals surface area contributed by atoms with Crippen LogP contribution in [0.5, 0.6) is 0 Å². The summed E-state index contributed by atoms with van der Waals surface area (Å²) < 4.78 is 36.9. The van der Waals surface area contributed by atoms with Gasteiger partial charge in [-0.3, -0.25) is 4.79 Å². The third-order valence-corrected chi connectivity index (χ3v) is 3.51. The summed E-state index contributed by atoms with van der Waals surface area (Å²) in [5, 5.41) is 7.64. The molecule has 0 saturated heterocycles. The van der Waals surface area contributed by atoms with Crippen molar-refractivity contribution in [1.82, 2.24) is 10.2 Å². The highest BCUT2D eigenvalue weighted by atomic mass is 32.2. The predicted octanol–water partition coefficient (Wildman–Crippen LogP) is 3.58. The molecule has 0 unspecified atom stereocenters. The molecule has 0 aliphatic heterocycles. The lowest BCUT2D eigenvalue weighted by Gasteiger charge is -2.01. The van der Waals surface area contributed by atoms with E-state index in [0.29, 0.717) is 5.76 Å². The van der Waals surface area contributed by atoms with Crippen LogP contribution in [0, 0.1) is 11.6 Å². The van der Waals surface area contributed by atoms with Gasteiger partial charge in [0.25, 0.3) is 11.1 Å². The quantitative estimate of drug-likeness (QED) is 0.528. The van der Waals surface area contributed by atoms with Crippen LogP contribution in [-0.2, 0) is 0 Å². The van der Waals surface area contributed by atoms with Crippen LogP contribution in [0.3, 0.4) is 0 Å². The Morgan fingerprint density at radius 2 is 2.09 bits per heavy atom. The second-order valence-electron chi connectivity index (χ2n) is 4.19. The Morgan fingerprint density at radius 3 is 2.86 bits per heavy atom. The number of Topliss-reactive ketones (excluding diaryl/α,β-unsaturated/α-hetero) is 1. The van der Waals surface area contributed by atoms with Gasteiger partial charge in [-0.25, -0.2) is 8.78 Å². The predicted molar refractivity (Wildman–Crippen MR) is 73.4 cm³/mol. The van der Waals surface area contributed by atoms with Crippen molar-refractivity contribution in [2.24, 2.45) is 0 Å². The first-order chi connectivity index (χ1) is 10.6. The zero-order valence-electron chi connectivity index (χ0n) is 11.0. The van der Waals surface area contributed by atoms with E-state index in [2.05, 4.69) is 10.2 Å². The van der Waals surface area contributed by atoms with Gasteiger partial charge in [0.05, 0.1) is 17.6 Å². The zero-order valence-corrected chi connectivity index (χ0v) is 11.8. The highest BCUT2D eigenvalue weighted by molar-refractivity contribution is 7.99. The molecular weight excluding hydrogens is 314 g/mol. The molecule has 0 saturated carbocycles. The number of rotatable bonds is 5. The molecule has 3 rings (SSSR count). The number of nitrogens with zero attached hydrogens (tertiary/aromatic N) is 2. The summed E-state index contributed by atoms with van der Waals surface area (Å²) in [7, 11) is 0. The van der Waals surface area contributed by atoms with Crippen LogP contribution < -0.4 is 0 Å². The Kier molecular flexibility index (Phi) is 4.01. The third kappa shape index (κ3) is 3.06. The molecule has 0 radical (unpaired) electrons. The summed E-state index contributed by atoms with van der Waals surface area (Å²) in [5.41, 5.74) is -0.307. The molecule has 2 heterocycles. The van der Waals surface area contributed by atoms with Gasteiger partial charge in [0.1, 0.15) is 11.6 Å². The van der Waals surface area contributed by atoms with Crippen molar-refractivity contribution in [2.45, 2.75) is 5.22 Å². The first kappa shape index (κ1) is 14.5. The molecule has 3 aromatic rings. The number of carbonyl (C=O) groups excluding carboxylic acids is 1. The molecule has 0 atom stereocenters. The Hall–Kier alpha value is -2.48. The molecule has 0 spiro atoms. The van der Waals surface area contributed by atoms with Gasteiger partial charge in [-0.05, 0) is 30.3 Å². The molecule has 1 aromatic carbocycles. The van der Waals surface area contributed by atoms with Crippen LogP contribution in [0.4, 0.5) is 8.78 Å². The van der Waals surface area contributed by atoms with E-state index in [0.717, 1.165) is 30.0 Å². The lowest BCUT2D eigenvalue weighted by Crippen LogP contribution is -2.06. The van der Waals surface area contributed by atoms with Gasteiger partial charge in [-0.2, -0.15) is 0 Å². The molecule has 0 bridgehead atoms. The number of furan rings is 1. The van der Waals surface area contributed by atoms with Gasteiger partial charge >= 0.3 is 0 Å². The molecule has 5 nitrogen and oxygen atoms in total. The van der Waals surface area contributed by atoms with Crippen molar-refractivity contribution in [1.29, 1.82) is 0 Å². The summed E-state index contributed by atoms with van der Waals surface area (Å²) in [6.07, 6.45) is 1.46. The molecule has 0 fully saturated rings. The molecule has 8 heteroatoms. The fraction of sp³-hybridized carbons (Fsp3) is 0.0714. The largest absolute Gasteiger partial charge is 0.459 e. The second kappa shape index (κ2) is 6.10. The number of thioether (sulfide) groups is 1. The van der Waals surface area contributed by atoms with Crippen LogP contribution in [0.25, 0.3) is 11.7 Å². The number of hydrogen-bond donors (Lipinski definition) is 0. The van der Waals surface area contributed by atoms with E-state index >= 15 is 0 Å². The summed E-state index contributed by atoms with van der Waals surface area (Å²) in [4.78, 5) is 11.9. The molecule has 0 N–H and O–H groups in total. The highest BCUT2D eigenvalue weighted by Crippen LogP contribution is 2.24. The average molecular weight is 322 g/mol. The number of halogens is 2. The van der Waals surface area contributed by atoms with E-state index in [1.807, 2.05) is 0 Å². The number of ketones is 1. The summed E-state index contributed by atoms with van der Waals surface area (Å²) in [6.45, 7) is 0. The Balaban J connectivity index is 1.67. The Morgan fingerprint density at radius 1 is 1.23 bits per heavy atom. The Bertz CT molecular complexity index is 802. The molecule has 112 valence electrons. The minimum atomic E-state index is -0.770. The van der Waals surface area contributed by atoms with Gasteiger partial charge in [0.15, 0.2) is 11.5 Å². The topological polar surface area (TPSA) is 69.1 Å².